The summed E-state index contributed by atoms with van der Waals surface area (Å²) >= 11 is 7.50. The van der Waals surface area contributed by atoms with Crippen molar-refractivity contribution in [2.24, 2.45) is 5.10 Å². The van der Waals surface area contributed by atoms with Gasteiger partial charge in [-0.15, -0.1) is 5.10 Å². The van der Waals surface area contributed by atoms with Crippen molar-refractivity contribution in [2.75, 3.05) is 13.2 Å². The minimum Gasteiger partial charge on any atom is -0.493 e. The van der Waals surface area contributed by atoms with Crippen LogP contribution in [0.5, 0.6) is 11.5 Å². The summed E-state index contributed by atoms with van der Waals surface area (Å²) in [6.45, 7) is 7.82. The number of ether oxygens (including phenoxy) is 2. The molecule has 2 aromatic rings. The SMILES string of the molecule is CC(=O)NC1=NN(C(C)=O)[C@@H](c2ccc(OCCCOc3cc(C)c(Cl)c(C)c3)cc2)S1. The lowest BCUT2D eigenvalue weighted by Gasteiger charge is -2.19. The van der Waals surface area contributed by atoms with Gasteiger partial charge >= 0.3 is 0 Å². The second-order valence-electron chi connectivity index (χ2n) is 7.41. The molecule has 0 aromatic heterocycles. The minimum atomic E-state index is -0.330. The zero-order chi connectivity index (χ0) is 23.3. The molecule has 2 aromatic carbocycles. The first kappa shape index (κ1) is 23.9. The highest BCUT2D eigenvalue weighted by Crippen LogP contribution is 2.39. The van der Waals surface area contributed by atoms with E-state index in [9.17, 15) is 9.59 Å². The van der Waals surface area contributed by atoms with Gasteiger partial charge in [-0.2, -0.15) is 0 Å². The summed E-state index contributed by atoms with van der Waals surface area (Å²) in [5.74, 6) is 1.11. The molecule has 0 fully saturated rings. The second-order valence-corrected chi connectivity index (χ2v) is 8.86. The van der Waals surface area contributed by atoms with Crippen LogP contribution >= 0.6 is 23.4 Å². The van der Waals surface area contributed by atoms with Crippen LogP contribution in [0.1, 0.15) is 42.3 Å². The molecule has 170 valence electrons. The van der Waals surface area contributed by atoms with Gasteiger partial charge < -0.3 is 14.8 Å². The Morgan fingerprint density at radius 2 is 1.66 bits per heavy atom. The number of aryl methyl sites for hydroxylation is 2. The fraction of sp³-hybridized carbons (Fsp3) is 0.348. The number of benzene rings is 2. The van der Waals surface area contributed by atoms with Gasteiger partial charge in [0.1, 0.15) is 16.9 Å². The first-order valence-corrected chi connectivity index (χ1v) is 11.5. The Bertz CT molecular complexity index is 1000. The number of nitrogens with one attached hydrogen (secondary N) is 1. The molecule has 0 radical (unpaired) electrons. The molecule has 0 aliphatic carbocycles. The molecule has 0 unspecified atom stereocenters. The van der Waals surface area contributed by atoms with Gasteiger partial charge in [0.2, 0.25) is 11.8 Å². The Morgan fingerprint density at radius 3 is 2.22 bits per heavy atom. The molecule has 9 heteroatoms. The molecule has 1 atom stereocenters. The summed E-state index contributed by atoms with van der Waals surface area (Å²) in [6, 6.07) is 11.4. The molecular weight excluding hydrogens is 450 g/mol. The lowest BCUT2D eigenvalue weighted by atomic mass is 10.1. The summed E-state index contributed by atoms with van der Waals surface area (Å²) in [4.78, 5) is 23.2. The predicted molar refractivity (Wildman–Crippen MR) is 127 cm³/mol. The van der Waals surface area contributed by atoms with Gasteiger partial charge in [0.25, 0.3) is 0 Å². The lowest BCUT2D eigenvalue weighted by molar-refractivity contribution is -0.129. The van der Waals surface area contributed by atoms with Crippen molar-refractivity contribution in [2.45, 2.75) is 39.5 Å². The van der Waals surface area contributed by atoms with E-state index in [0.717, 1.165) is 39.6 Å². The van der Waals surface area contributed by atoms with Crippen LogP contribution in [0.25, 0.3) is 0 Å². The molecule has 0 spiro atoms. The molecule has 0 bridgehead atoms. The van der Waals surface area contributed by atoms with Gasteiger partial charge in [0, 0.05) is 25.3 Å². The highest BCUT2D eigenvalue weighted by molar-refractivity contribution is 8.14. The van der Waals surface area contributed by atoms with Crippen LogP contribution < -0.4 is 14.8 Å². The van der Waals surface area contributed by atoms with Crippen LogP contribution in [0.15, 0.2) is 41.5 Å². The summed E-state index contributed by atoms with van der Waals surface area (Å²) in [7, 11) is 0. The van der Waals surface area contributed by atoms with Gasteiger partial charge in [0.05, 0.1) is 13.2 Å². The van der Waals surface area contributed by atoms with Gasteiger partial charge in [-0.1, -0.05) is 35.5 Å². The number of nitrogens with zero attached hydrogens (tertiary/aromatic N) is 2. The Kier molecular flexibility index (Phi) is 8.04. The smallest absolute Gasteiger partial charge is 0.241 e. The minimum absolute atomic E-state index is 0.200. The summed E-state index contributed by atoms with van der Waals surface area (Å²) in [5.41, 5.74) is 2.88. The van der Waals surface area contributed by atoms with Crippen molar-refractivity contribution in [1.29, 1.82) is 0 Å². The number of amides is 2. The van der Waals surface area contributed by atoms with E-state index in [1.165, 1.54) is 30.6 Å². The highest BCUT2D eigenvalue weighted by atomic mass is 35.5. The van der Waals surface area contributed by atoms with Crippen LogP contribution in [-0.4, -0.2) is 35.2 Å². The number of rotatable bonds is 7. The molecule has 2 amide bonds. The fourth-order valence-electron chi connectivity index (χ4n) is 3.14. The maximum Gasteiger partial charge on any atom is 0.241 e. The van der Waals surface area contributed by atoms with E-state index < -0.39 is 0 Å². The standard InChI is InChI=1S/C23H26ClN3O4S/c1-14-12-20(13-15(2)21(14)24)31-11-5-10-30-19-8-6-18(7-9-19)22-27(17(4)29)26-23(32-22)25-16(3)28/h6-9,12-13,22H,5,10-11H2,1-4H3,(H,25,26,28)/t22-/m1/s1. The van der Waals surface area contributed by atoms with Crippen LogP contribution in [0.4, 0.5) is 0 Å². The third-order valence-corrected chi connectivity index (χ3v) is 6.35. The van der Waals surface area contributed by atoms with E-state index in [2.05, 4.69) is 10.4 Å². The van der Waals surface area contributed by atoms with Crippen LogP contribution in [0.3, 0.4) is 0 Å². The van der Waals surface area contributed by atoms with Crippen molar-refractivity contribution in [1.82, 2.24) is 10.3 Å². The van der Waals surface area contributed by atoms with Crippen molar-refractivity contribution < 1.29 is 19.1 Å². The zero-order valence-corrected chi connectivity index (χ0v) is 20.0. The number of amidine groups is 1. The number of carbonyl (C=O) groups is 2. The van der Waals surface area contributed by atoms with Crippen LogP contribution in [0, 0.1) is 13.8 Å². The molecule has 1 heterocycles. The average Bonchev–Trinajstić information content (AvgIpc) is 3.15. The number of halogens is 1. The zero-order valence-electron chi connectivity index (χ0n) is 18.5. The van der Waals surface area contributed by atoms with E-state index in [-0.39, 0.29) is 17.2 Å². The Balaban J connectivity index is 1.48. The first-order chi connectivity index (χ1) is 15.2. The molecule has 0 saturated heterocycles. The normalized spacial score (nSPS) is 15.3. The van der Waals surface area contributed by atoms with Crippen LogP contribution in [-0.2, 0) is 9.59 Å². The lowest BCUT2D eigenvalue weighted by Crippen LogP contribution is -2.25. The average molecular weight is 476 g/mol. The Labute approximate surface area is 197 Å². The first-order valence-electron chi connectivity index (χ1n) is 10.2. The van der Waals surface area contributed by atoms with E-state index in [4.69, 9.17) is 21.1 Å². The summed E-state index contributed by atoms with van der Waals surface area (Å²) < 4.78 is 11.6. The summed E-state index contributed by atoms with van der Waals surface area (Å²) in [5, 5.41) is 9.04. The van der Waals surface area contributed by atoms with Crippen molar-refractivity contribution in [3.63, 3.8) is 0 Å². The Hall–Kier alpha value is -2.71. The molecule has 1 N–H and O–H groups in total. The predicted octanol–water partition coefficient (Wildman–Crippen LogP) is 4.81. The van der Waals surface area contributed by atoms with Gasteiger partial charge in [-0.3, -0.25) is 9.59 Å². The van der Waals surface area contributed by atoms with Gasteiger partial charge in [-0.05, 0) is 54.8 Å². The van der Waals surface area contributed by atoms with Crippen LogP contribution in [0.2, 0.25) is 5.02 Å². The number of hydrogen-bond donors (Lipinski definition) is 1. The number of carbonyl (C=O) groups excluding carboxylic acids is 2. The van der Waals surface area contributed by atoms with E-state index in [1.54, 1.807) is 0 Å². The number of hydrogen-bond acceptors (Lipinski definition) is 6. The number of hydrazone groups is 1. The van der Waals surface area contributed by atoms with E-state index >= 15 is 0 Å². The van der Waals surface area contributed by atoms with E-state index in [1.807, 2.05) is 50.2 Å². The molecule has 32 heavy (non-hydrogen) atoms. The van der Waals surface area contributed by atoms with Crippen molar-refractivity contribution in [3.05, 3.63) is 58.1 Å². The third kappa shape index (κ3) is 6.17. The van der Waals surface area contributed by atoms with Gasteiger partial charge in [-0.25, -0.2) is 5.01 Å². The van der Waals surface area contributed by atoms with E-state index in [0.29, 0.717) is 18.4 Å². The van der Waals surface area contributed by atoms with Crippen molar-refractivity contribution in [3.8, 4) is 11.5 Å². The largest absolute Gasteiger partial charge is 0.493 e. The maximum atomic E-state index is 11.9. The molecule has 1 aliphatic rings. The fourth-order valence-corrected chi connectivity index (χ4v) is 4.38. The van der Waals surface area contributed by atoms with Gasteiger partial charge in [0.15, 0.2) is 5.17 Å². The highest BCUT2D eigenvalue weighted by Gasteiger charge is 2.32. The summed E-state index contributed by atoms with van der Waals surface area (Å²) in [6.07, 6.45) is 0.729. The monoisotopic (exact) mass is 475 g/mol. The third-order valence-electron chi connectivity index (χ3n) is 4.65. The molecule has 1 aliphatic heterocycles. The molecule has 7 nitrogen and oxygen atoms in total. The molecule has 0 saturated carbocycles. The topological polar surface area (TPSA) is 80.2 Å². The molecule has 3 rings (SSSR count). The molecular formula is C23H26ClN3O4S. The second kappa shape index (κ2) is 10.7. The quantitative estimate of drug-likeness (QED) is 0.581. The Morgan fingerprint density at radius 1 is 1.06 bits per heavy atom. The number of thioether (sulfide) groups is 1. The maximum absolute atomic E-state index is 11.9. The van der Waals surface area contributed by atoms with Crippen molar-refractivity contribution >= 4 is 40.3 Å².